The van der Waals surface area contributed by atoms with Crippen LogP contribution in [0.15, 0.2) is 18.3 Å². The summed E-state index contributed by atoms with van der Waals surface area (Å²) in [5, 5.41) is 0. The second kappa shape index (κ2) is 6.11. The number of nitrogens with zero attached hydrogens (tertiary/aromatic N) is 2. The monoisotopic (exact) mass is 265 g/mol. The molecule has 98 valence electrons. The lowest BCUT2D eigenvalue weighted by molar-refractivity contribution is 0.0664. The molecule has 0 spiro atoms. The summed E-state index contributed by atoms with van der Waals surface area (Å²) in [6, 6.07) is 3.80. The van der Waals surface area contributed by atoms with Gasteiger partial charge in [0.05, 0.1) is 6.10 Å². The highest BCUT2D eigenvalue weighted by atomic mass is 32.1. The highest BCUT2D eigenvalue weighted by Crippen LogP contribution is 2.17. The summed E-state index contributed by atoms with van der Waals surface area (Å²) >= 11 is 5.00. The van der Waals surface area contributed by atoms with Gasteiger partial charge in [-0.1, -0.05) is 19.1 Å². The largest absolute Gasteiger partial charge is 0.389 e. The second-order valence-electron chi connectivity index (χ2n) is 4.47. The van der Waals surface area contributed by atoms with E-state index in [9.17, 15) is 0 Å². The molecule has 4 nitrogen and oxygen atoms in total. The van der Waals surface area contributed by atoms with E-state index in [2.05, 4.69) is 16.8 Å². The van der Waals surface area contributed by atoms with Gasteiger partial charge >= 0.3 is 0 Å². The van der Waals surface area contributed by atoms with Crippen LogP contribution in [0, 0.1) is 0 Å². The zero-order chi connectivity index (χ0) is 13.0. The third kappa shape index (κ3) is 3.17. The van der Waals surface area contributed by atoms with Crippen molar-refractivity contribution >= 4 is 23.0 Å². The van der Waals surface area contributed by atoms with Gasteiger partial charge in [-0.2, -0.15) is 0 Å². The van der Waals surface area contributed by atoms with Crippen molar-refractivity contribution in [3.63, 3.8) is 0 Å². The van der Waals surface area contributed by atoms with Gasteiger partial charge in [-0.3, -0.25) is 0 Å². The van der Waals surface area contributed by atoms with E-state index in [1.807, 2.05) is 12.1 Å². The van der Waals surface area contributed by atoms with Gasteiger partial charge in [-0.15, -0.1) is 0 Å². The Balaban J connectivity index is 2.18. The fraction of sp³-hybridized carbons (Fsp3) is 0.538. The molecule has 2 heterocycles. The van der Waals surface area contributed by atoms with Crippen LogP contribution in [-0.4, -0.2) is 35.8 Å². The van der Waals surface area contributed by atoms with Gasteiger partial charge in [-0.25, -0.2) is 4.98 Å². The predicted octanol–water partition coefficient (Wildman–Crippen LogP) is 1.72. The minimum Gasteiger partial charge on any atom is -0.389 e. The van der Waals surface area contributed by atoms with E-state index in [0.29, 0.717) is 4.99 Å². The first-order valence-electron chi connectivity index (χ1n) is 6.33. The van der Waals surface area contributed by atoms with Crippen LogP contribution in [0.2, 0.25) is 0 Å². The minimum absolute atomic E-state index is 0.280. The van der Waals surface area contributed by atoms with Gasteiger partial charge in [0.25, 0.3) is 0 Å². The average Bonchev–Trinajstić information content (AvgIpc) is 2.64. The van der Waals surface area contributed by atoms with Crippen LogP contribution in [0.4, 0.5) is 5.82 Å². The molecule has 5 heteroatoms. The van der Waals surface area contributed by atoms with Crippen LogP contribution < -0.4 is 10.6 Å². The number of ether oxygens (including phenoxy) is 1. The molecule has 2 rings (SSSR count). The molecule has 1 aliphatic rings. The fourth-order valence-corrected chi connectivity index (χ4v) is 2.22. The predicted molar refractivity (Wildman–Crippen MR) is 77.0 cm³/mol. The normalized spacial score (nSPS) is 20.5. The smallest absolute Gasteiger partial charge is 0.129 e. The molecule has 1 atom stereocenters. The van der Waals surface area contributed by atoms with E-state index in [1.54, 1.807) is 6.20 Å². The highest BCUT2D eigenvalue weighted by molar-refractivity contribution is 7.80. The summed E-state index contributed by atoms with van der Waals surface area (Å²) in [5.74, 6) is 0.934. The number of pyridine rings is 1. The lowest BCUT2D eigenvalue weighted by Gasteiger charge is -2.24. The molecule has 1 aromatic heterocycles. The Labute approximate surface area is 113 Å². The molecule has 0 radical (unpaired) electrons. The molecule has 0 aliphatic carbocycles. The maximum Gasteiger partial charge on any atom is 0.129 e. The van der Waals surface area contributed by atoms with E-state index >= 15 is 0 Å². The summed E-state index contributed by atoms with van der Waals surface area (Å²) in [5.41, 5.74) is 6.53. The fourth-order valence-electron chi connectivity index (χ4n) is 2.09. The molecule has 0 bridgehead atoms. The van der Waals surface area contributed by atoms with E-state index < -0.39 is 0 Å². The zero-order valence-electron chi connectivity index (χ0n) is 10.6. The third-order valence-corrected chi connectivity index (χ3v) is 3.40. The summed E-state index contributed by atoms with van der Waals surface area (Å²) < 4.78 is 5.76. The first-order valence-corrected chi connectivity index (χ1v) is 6.74. The van der Waals surface area contributed by atoms with Crippen LogP contribution in [-0.2, 0) is 4.74 Å². The number of hydrogen-bond acceptors (Lipinski definition) is 4. The average molecular weight is 265 g/mol. The lowest BCUT2D eigenvalue weighted by atomic mass is 10.2. The van der Waals surface area contributed by atoms with Crippen molar-refractivity contribution in [1.82, 2.24) is 4.98 Å². The first kappa shape index (κ1) is 13.2. The number of nitrogens with two attached hydrogens (primary N) is 1. The van der Waals surface area contributed by atoms with Crippen LogP contribution >= 0.6 is 12.2 Å². The third-order valence-electron chi connectivity index (χ3n) is 3.16. The van der Waals surface area contributed by atoms with E-state index in [4.69, 9.17) is 22.7 Å². The van der Waals surface area contributed by atoms with Gasteiger partial charge in [0, 0.05) is 31.5 Å². The summed E-state index contributed by atoms with van der Waals surface area (Å²) in [4.78, 5) is 7.08. The van der Waals surface area contributed by atoms with Crippen LogP contribution in [0.3, 0.4) is 0 Å². The molecule has 2 N–H and O–H groups in total. The van der Waals surface area contributed by atoms with Crippen LogP contribution in [0.1, 0.15) is 25.3 Å². The second-order valence-corrected chi connectivity index (χ2v) is 4.91. The van der Waals surface area contributed by atoms with Crippen molar-refractivity contribution in [2.75, 3.05) is 24.6 Å². The summed E-state index contributed by atoms with van der Waals surface area (Å²) in [7, 11) is 0. The molecule has 1 aromatic rings. The highest BCUT2D eigenvalue weighted by Gasteiger charge is 2.18. The molecule has 0 saturated carbocycles. The number of thiocarbonyl (C=S) groups is 1. The van der Waals surface area contributed by atoms with E-state index in [-0.39, 0.29) is 6.10 Å². The number of anilines is 1. The zero-order valence-corrected chi connectivity index (χ0v) is 11.4. The molecular weight excluding hydrogens is 246 g/mol. The molecular formula is C13H19N3OS. The standard InChI is InChI=1S/C13H19N3OS/c1-2-11-9-16(6-3-7-17-11)12-8-10(13(14)18)4-5-15-12/h4-5,8,11H,2-3,6-7,9H2,1H3,(H2,14,18). The van der Waals surface area contributed by atoms with Gasteiger partial charge in [0.2, 0.25) is 0 Å². The van der Waals surface area contributed by atoms with E-state index in [0.717, 1.165) is 43.9 Å². The Hall–Kier alpha value is -1.20. The molecule has 18 heavy (non-hydrogen) atoms. The van der Waals surface area contributed by atoms with Crippen molar-refractivity contribution in [3.05, 3.63) is 23.9 Å². The quantitative estimate of drug-likeness (QED) is 0.843. The Bertz CT molecular complexity index is 424. The Kier molecular flexibility index (Phi) is 4.49. The maximum absolute atomic E-state index is 5.76. The topological polar surface area (TPSA) is 51.4 Å². The van der Waals surface area contributed by atoms with Crippen molar-refractivity contribution < 1.29 is 4.74 Å². The number of hydrogen-bond donors (Lipinski definition) is 1. The van der Waals surface area contributed by atoms with Crippen LogP contribution in [0.25, 0.3) is 0 Å². The molecule has 1 fully saturated rings. The first-order chi connectivity index (χ1) is 8.70. The van der Waals surface area contributed by atoms with Gasteiger partial charge in [0.1, 0.15) is 10.8 Å². The SMILES string of the molecule is CCC1CN(c2cc(C(N)=S)ccn2)CCCO1. The molecule has 1 unspecified atom stereocenters. The van der Waals surface area contributed by atoms with Gasteiger partial charge in [-0.05, 0) is 25.0 Å². The Morgan fingerprint density at radius 3 is 3.22 bits per heavy atom. The number of rotatable bonds is 3. The van der Waals surface area contributed by atoms with E-state index in [1.165, 1.54) is 0 Å². The molecule has 0 amide bonds. The molecule has 1 aliphatic heterocycles. The summed E-state index contributed by atoms with van der Waals surface area (Å²) in [6.07, 6.45) is 4.08. The Morgan fingerprint density at radius 1 is 1.67 bits per heavy atom. The number of aromatic nitrogens is 1. The minimum atomic E-state index is 0.280. The van der Waals surface area contributed by atoms with Crippen LogP contribution in [0.5, 0.6) is 0 Å². The lowest BCUT2D eigenvalue weighted by Crippen LogP contribution is -2.32. The summed E-state index contributed by atoms with van der Waals surface area (Å²) in [6.45, 7) is 4.81. The molecule has 1 saturated heterocycles. The van der Waals surface area contributed by atoms with Crippen molar-refractivity contribution in [2.45, 2.75) is 25.9 Å². The van der Waals surface area contributed by atoms with Gasteiger partial charge in [0.15, 0.2) is 0 Å². The van der Waals surface area contributed by atoms with Crippen molar-refractivity contribution in [3.8, 4) is 0 Å². The van der Waals surface area contributed by atoms with Crippen molar-refractivity contribution in [1.29, 1.82) is 0 Å². The van der Waals surface area contributed by atoms with Crippen molar-refractivity contribution in [2.24, 2.45) is 5.73 Å². The Morgan fingerprint density at radius 2 is 2.50 bits per heavy atom. The molecule has 0 aromatic carbocycles. The van der Waals surface area contributed by atoms with Gasteiger partial charge < -0.3 is 15.4 Å². The maximum atomic E-state index is 5.76.